The molecule has 0 radical (unpaired) electrons. The molecule has 0 aliphatic heterocycles. The molecule has 0 saturated carbocycles. The van der Waals surface area contributed by atoms with Gasteiger partial charge in [0.25, 0.3) is 0 Å². The first-order chi connectivity index (χ1) is 12.4. The van der Waals surface area contributed by atoms with Gasteiger partial charge in [0, 0.05) is 11.1 Å². The van der Waals surface area contributed by atoms with Crippen molar-refractivity contribution in [3.05, 3.63) is 77.1 Å². The summed E-state index contributed by atoms with van der Waals surface area (Å²) in [5.74, 6) is -0.862. The number of amides is 1. The number of fused-ring (bicyclic) bond motifs is 1. The van der Waals surface area contributed by atoms with E-state index in [1.165, 1.54) is 23.6 Å². The predicted octanol–water partition coefficient (Wildman–Crippen LogP) is 5.31. The standard InChI is InChI=1S/C21H20ClFN2O/c1-13(16-8-7-15-5-3-4-6-17(15)11-16)24-14(2)21(26)25-20-10-9-18(22)12-19(20)23/h3-14,24H,1-2H3,(H,25,26)/t13-,14-/m1/s1. The van der Waals surface area contributed by atoms with Crippen molar-refractivity contribution in [1.82, 2.24) is 5.32 Å². The highest BCUT2D eigenvalue weighted by Gasteiger charge is 2.18. The van der Waals surface area contributed by atoms with E-state index in [1.54, 1.807) is 6.92 Å². The van der Waals surface area contributed by atoms with Crippen LogP contribution in [-0.4, -0.2) is 11.9 Å². The second kappa shape index (κ2) is 7.85. The molecule has 134 valence electrons. The van der Waals surface area contributed by atoms with E-state index in [0.717, 1.165) is 10.9 Å². The Hall–Kier alpha value is -2.43. The van der Waals surface area contributed by atoms with Crippen LogP contribution >= 0.6 is 11.6 Å². The summed E-state index contributed by atoms with van der Waals surface area (Å²) in [5, 5.41) is 8.45. The molecule has 2 N–H and O–H groups in total. The Kier molecular flexibility index (Phi) is 5.55. The van der Waals surface area contributed by atoms with Gasteiger partial charge in [0.1, 0.15) is 5.82 Å². The first-order valence-electron chi connectivity index (χ1n) is 8.44. The van der Waals surface area contributed by atoms with E-state index in [9.17, 15) is 9.18 Å². The summed E-state index contributed by atoms with van der Waals surface area (Å²) < 4.78 is 13.8. The van der Waals surface area contributed by atoms with Crippen LogP contribution in [0, 0.1) is 5.82 Å². The molecule has 0 bridgehead atoms. The fourth-order valence-electron chi connectivity index (χ4n) is 2.86. The van der Waals surface area contributed by atoms with Gasteiger partial charge in [0.15, 0.2) is 0 Å². The maximum Gasteiger partial charge on any atom is 0.241 e. The lowest BCUT2D eigenvalue weighted by molar-refractivity contribution is -0.118. The minimum atomic E-state index is -0.555. The Morgan fingerprint density at radius 1 is 1.00 bits per heavy atom. The van der Waals surface area contributed by atoms with E-state index in [0.29, 0.717) is 0 Å². The Balaban J connectivity index is 1.67. The first-order valence-corrected chi connectivity index (χ1v) is 8.82. The molecule has 1 amide bonds. The van der Waals surface area contributed by atoms with E-state index in [2.05, 4.69) is 34.9 Å². The molecule has 3 aromatic rings. The summed E-state index contributed by atoms with van der Waals surface area (Å²) >= 11 is 5.73. The third kappa shape index (κ3) is 4.21. The molecular formula is C21H20ClFN2O. The second-order valence-electron chi connectivity index (χ2n) is 6.33. The van der Waals surface area contributed by atoms with Gasteiger partial charge < -0.3 is 5.32 Å². The molecule has 0 aliphatic carbocycles. The molecule has 0 heterocycles. The zero-order chi connectivity index (χ0) is 18.7. The number of benzene rings is 3. The Labute approximate surface area is 157 Å². The smallest absolute Gasteiger partial charge is 0.241 e. The van der Waals surface area contributed by atoms with Crippen molar-refractivity contribution < 1.29 is 9.18 Å². The van der Waals surface area contributed by atoms with Crippen molar-refractivity contribution in [2.24, 2.45) is 0 Å². The van der Waals surface area contributed by atoms with Crippen LogP contribution in [0.4, 0.5) is 10.1 Å². The lowest BCUT2D eigenvalue weighted by Gasteiger charge is -2.20. The van der Waals surface area contributed by atoms with Gasteiger partial charge in [-0.15, -0.1) is 0 Å². The number of halogens is 2. The first kappa shape index (κ1) is 18.4. The van der Waals surface area contributed by atoms with E-state index >= 15 is 0 Å². The lowest BCUT2D eigenvalue weighted by Crippen LogP contribution is -2.39. The lowest BCUT2D eigenvalue weighted by atomic mass is 10.0. The van der Waals surface area contributed by atoms with Crippen molar-refractivity contribution in [1.29, 1.82) is 0 Å². The van der Waals surface area contributed by atoms with Gasteiger partial charge in [0.2, 0.25) is 5.91 Å². The van der Waals surface area contributed by atoms with Crippen LogP contribution in [0.1, 0.15) is 25.5 Å². The molecule has 5 heteroatoms. The number of hydrogen-bond donors (Lipinski definition) is 2. The van der Waals surface area contributed by atoms with Crippen LogP contribution in [0.15, 0.2) is 60.7 Å². The Morgan fingerprint density at radius 2 is 1.73 bits per heavy atom. The highest BCUT2D eigenvalue weighted by Crippen LogP contribution is 2.21. The van der Waals surface area contributed by atoms with Crippen molar-refractivity contribution >= 4 is 34.0 Å². The van der Waals surface area contributed by atoms with E-state index in [4.69, 9.17) is 11.6 Å². The van der Waals surface area contributed by atoms with Gasteiger partial charge in [-0.2, -0.15) is 0 Å². The van der Waals surface area contributed by atoms with Crippen LogP contribution in [0.2, 0.25) is 5.02 Å². The summed E-state index contributed by atoms with van der Waals surface area (Å²) in [5.41, 5.74) is 1.20. The summed E-state index contributed by atoms with van der Waals surface area (Å²) in [7, 11) is 0. The quantitative estimate of drug-likeness (QED) is 0.639. The molecule has 2 atom stereocenters. The third-order valence-electron chi connectivity index (χ3n) is 4.36. The molecule has 0 aliphatic rings. The summed E-state index contributed by atoms with van der Waals surface area (Å²) in [6, 6.07) is 18.0. The maximum atomic E-state index is 13.8. The number of carbonyl (C=O) groups excluding carboxylic acids is 1. The van der Waals surface area contributed by atoms with E-state index in [-0.39, 0.29) is 22.7 Å². The highest BCUT2D eigenvalue weighted by molar-refractivity contribution is 6.30. The van der Waals surface area contributed by atoms with Crippen LogP contribution in [-0.2, 0) is 4.79 Å². The molecular weight excluding hydrogens is 351 g/mol. The zero-order valence-corrected chi connectivity index (χ0v) is 15.3. The zero-order valence-electron chi connectivity index (χ0n) is 14.6. The van der Waals surface area contributed by atoms with E-state index < -0.39 is 11.9 Å². The number of hydrogen-bond acceptors (Lipinski definition) is 2. The molecule has 3 nitrogen and oxygen atoms in total. The topological polar surface area (TPSA) is 41.1 Å². The van der Waals surface area contributed by atoms with Gasteiger partial charge in [-0.05, 0) is 54.4 Å². The van der Waals surface area contributed by atoms with Crippen molar-refractivity contribution in [2.45, 2.75) is 25.9 Å². The number of anilines is 1. The minimum absolute atomic E-state index is 0.0320. The largest absolute Gasteiger partial charge is 0.322 e. The molecule has 26 heavy (non-hydrogen) atoms. The Bertz CT molecular complexity index is 944. The highest BCUT2D eigenvalue weighted by atomic mass is 35.5. The maximum absolute atomic E-state index is 13.8. The Morgan fingerprint density at radius 3 is 2.46 bits per heavy atom. The van der Waals surface area contributed by atoms with Gasteiger partial charge in [-0.3, -0.25) is 10.1 Å². The molecule has 3 aromatic carbocycles. The van der Waals surface area contributed by atoms with Crippen LogP contribution < -0.4 is 10.6 Å². The summed E-state index contributed by atoms with van der Waals surface area (Å²) in [4.78, 5) is 12.4. The number of rotatable bonds is 5. The van der Waals surface area contributed by atoms with Gasteiger partial charge in [-0.1, -0.05) is 48.0 Å². The monoisotopic (exact) mass is 370 g/mol. The second-order valence-corrected chi connectivity index (χ2v) is 6.77. The average molecular weight is 371 g/mol. The van der Waals surface area contributed by atoms with Gasteiger partial charge in [-0.25, -0.2) is 4.39 Å². The fraction of sp³-hybridized carbons (Fsp3) is 0.190. The number of carbonyl (C=O) groups is 1. The average Bonchev–Trinajstić information content (AvgIpc) is 2.63. The molecule has 0 unspecified atom stereocenters. The SMILES string of the molecule is C[C@@H](N[C@H](C)c1ccc2ccccc2c1)C(=O)Nc1ccc(Cl)cc1F. The van der Waals surface area contributed by atoms with Crippen molar-refractivity contribution in [3.63, 3.8) is 0 Å². The third-order valence-corrected chi connectivity index (χ3v) is 4.59. The van der Waals surface area contributed by atoms with Gasteiger partial charge in [0.05, 0.1) is 11.7 Å². The molecule has 3 rings (SSSR count). The van der Waals surface area contributed by atoms with Gasteiger partial charge >= 0.3 is 0 Å². The van der Waals surface area contributed by atoms with Crippen LogP contribution in [0.5, 0.6) is 0 Å². The fourth-order valence-corrected chi connectivity index (χ4v) is 3.01. The van der Waals surface area contributed by atoms with Crippen LogP contribution in [0.3, 0.4) is 0 Å². The van der Waals surface area contributed by atoms with Crippen LogP contribution in [0.25, 0.3) is 10.8 Å². The molecule has 0 aromatic heterocycles. The molecule has 0 saturated heterocycles. The minimum Gasteiger partial charge on any atom is -0.322 e. The normalized spacial score (nSPS) is 13.4. The predicted molar refractivity (Wildman–Crippen MR) is 105 cm³/mol. The summed E-state index contributed by atoms with van der Waals surface area (Å²) in [6.07, 6.45) is 0. The van der Waals surface area contributed by atoms with E-state index in [1.807, 2.05) is 25.1 Å². The molecule has 0 spiro atoms. The van der Waals surface area contributed by atoms with Crippen molar-refractivity contribution in [2.75, 3.05) is 5.32 Å². The summed E-state index contributed by atoms with van der Waals surface area (Å²) in [6.45, 7) is 3.75. The van der Waals surface area contributed by atoms with Crippen molar-refractivity contribution in [3.8, 4) is 0 Å². The molecule has 0 fully saturated rings. The number of nitrogens with one attached hydrogen (secondary N) is 2.